The van der Waals surface area contributed by atoms with Crippen molar-refractivity contribution in [2.24, 2.45) is 0 Å². The average molecular weight is 353 g/mol. The van der Waals surface area contributed by atoms with Crippen LogP contribution in [-0.2, 0) is 16.1 Å². The zero-order valence-corrected chi connectivity index (χ0v) is 14.6. The first-order valence-electron chi connectivity index (χ1n) is 8.22. The Morgan fingerprint density at radius 3 is 2.58 bits per heavy atom. The fourth-order valence-electron chi connectivity index (χ4n) is 2.73. The van der Waals surface area contributed by atoms with E-state index in [1.54, 1.807) is 44.4 Å². The smallest absolute Gasteiger partial charge is 0.340 e. The van der Waals surface area contributed by atoms with Crippen molar-refractivity contribution < 1.29 is 23.5 Å². The molecule has 0 aliphatic carbocycles. The third-order valence-electron chi connectivity index (χ3n) is 3.86. The maximum atomic E-state index is 12.8. The van der Waals surface area contributed by atoms with E-state index in [2.05, 4.69) is 5.32 Å². The standard InChI is InChI=1S/C20H19NO5/c1-3-25-20(23)14-9-4-6-10-16(14)21-19(22)18-15(12-24-2)13-8-5-7-11-17(13)26-18/h4-11H,3,12H2,1-2H3,(H,21,22). The van der Waals surface area contributed by atoms with Crippen molar-refractivity contribution in [3.05, 3.63) is 65.4 Å². The van der Waals surface area contributed by atoms with Crippen LogP contribution >= 0.6 is 0 Å². The maximum absolute atomic E-state index is 12.8. The Kier molecular flexibility index (Phi) is 5.34. The molecule has 1 N–H and O–H groups in total. The molecule has 1 aromatic heterocycles. The van der Waals surface area contributed by atoms with Gasteiger partial charge in [-0.05, 0) is 25.1 Å². The van der Waals surface area contributed by atoms with E-state index < -0.39 is 11.9 Å². The van der Waals surface area contributed by atoms with E-state index >= 15 is 0 Å². The Labute approximate surface area is 150 Å². The predicted molar refractivity (Wildman–Crippen MR) is 97.3 cm³/mol. The maximum Gasteiger partial charge on any atom is 0.340 e. The molecule has 26 heavy (non-hydrogen) atoms. The van der Waals surface area contributed by atoms with Crippen LogP contribution in [0, 0.1) is 0 Å². The first kappa shape index (κ1) is 17.7. The zero-order valence-electron chi connectivity index (χ0n) is 14.6. The fourth-order valence-corrected chi connectivity index (χ4v) is 2.73. The lowest BCUT2D eigenvalue weighted by atomic mass is 10.1. The summed E-state index contributed by atoms with van der Waals surface area (Å²) in [7, 11) is 1.56. The van der Waals surface area contributed by atoms with Gasteiger partial charge >= 0.3 is 5.97 Å². The minimum Gasteiger partial charge on any atom is -0.462 e. The van der Waals surface area contributed by atoms with Gasteiger partial charge < -0.3 is 19.2 Å². The van der Waals surface area contributed by atoms with Gasteiger partial charge in [-0.15, -0.1) is 0 Å². The summed E-state index contributed by atoms with van der Waals surface area (Å²) in [5.74, 6) is -0.790. The van der Waals surface area contributed by atoms with Gasteiger partial charge in [0.1, 0.15) is 5.58 Å². The highest BCUT2D eigenvalue weighted by Crippen LogP contribution is 2.28. The summed E-state index contributed by atoms with van der Waals surface area (Å²) in [5.41, 5.74) is 1.91. The number of benzene rings is 2. The van der Waals surface area contributed by atoms with Gasteiger partial charge in [0, 0.05) is 18.1 Å². The van der Waals surface area contributed by atoms with Gasteiger partial charge in [-0.1, -0.05) is 30.3 Å². The molecule has 1 amide bonds. The number of rotatable bonds is 6. The first-order chi connectivity index (χ1) is 12.7. The molecule has 0 aliphatic heterocycles. The molecular formula is C20H19NO5. The number of para-hydroxylation sites is 2. The van der Waals surface area contributed by atoms with Crippen LogP contribution in [0.25, 0.3) is 11.0 Å². The largest absolute Gasteiger partial charge is 0.462 e. The molecule has 0 radical (unpaired) electrons. The number of anilines is 1. The summed E-state index contributed by atoms with van der Waals surface area (Å²) in [6.07, 6.45) is 0. The summed E-state index contributed by atoms with van der Waals surface area (Å²) in [5, 5.41) is 3.55. The summed E-state index contributed by atoms with van der Waals surface area (Å²) in [4.78, 5) is 24.9. The Morgan fingerprint density at radius 1 is 1.08 bits per heavy atom. The molecule has 2 aromatic carbocycles. The topological polar surface area (TPSA) is 77.8 Å². The number of hydrogen-bond donors (Lipinski definition) is 1. The highest BCUT2D eigenvalue weighted by Gasteiger charge is 2.22. The highest BCUT2D eigenvalue weighted by atomic mass is 16.5. The molecule has 0 saturated carbocycles. The Hall–Kier alpha value is -3.12. The van der Waals surface area contributed by atoms with Crippen LogP contribution in [0.5, 0.6) is 0 Å². The zero-order chi connectivity index (χ0) is 18.5. The second-order valence-electron chi connectivity index (χ2n) is 5.56. The summed E-state index contributed by atoms with van der Waals surface area (Å²) >= 11 is 0. The first-order valence-corrected chi connectivity index (χ1v) is 8.22. The average Bonchev–Trinajstić information content (AvgIpc) is 3.02. The normalized spacial score (nSPS) is 10.7. The number of carbonyl (C=O) groups is 2. The van der Waals surface area contributed by atoms with Crippen molar-refractivity contribution in [2.75, 3.05) is 19.0 Å². The van der Waals surface area contributed by atoms with Crippen LogP contribution in [-0.4, -0.2) is 25.6 Å². The SMILES string of the molecule is CCOC(=O)c1ccccc1NC(=O)c1oc2ccccc2c1COC. The molecule has 0 fully saturated rings. The molecule has 6 nitrogen and oxygen atoms in total. The molecular weight excluding hydrogens is 334 g/mol. The number of ether oxygens (including phenoxy) is 2. The van der Waals surface area contributed by atoms with Gasteiger partial charge in [-0.3, -0.25) is 4.79 Å². The van der Waals surface area contributed by atoms with E-state index in [1.165, 1.54) is 0 Å². The second kappa shape index (κ2) is 7.84. The van der Waals surface area contributed by atoms with Crippen LogP contribution in [0.15, 0.2) is 52.9 Å². The van der Waals surface area contributed by atoms with E-state index in [0.717, 1.165) is 5.39 Å². The van der Waals surface area contributed by atoms with E-state index in [1.807, 2.05) is 18.2 Å². The Bertz CT molecular complexity index is 944. The second-order valence-corrected chi connectivity index (χ2v) is 5.56. The van der Waals surface area contributed by atoms with Gasteiger partial charge in [0.2, 0.25) is 0 Å². The number of nitrogens with one attached hydrogen (secondary N) is 1. The van der Waals surface area contributed by atoms with Gasteiger partial charge in [-0.2, -0.15) is 0 Å². The van der Waals surface area contributed by atoms with E-state index in [0.29, 0.717) is 16.8 Å². The lowest BCUT2D eigenvalue weighted by Gasteiger charge is -2.10. The third-order valence-corrected chi connectivity index (χ3v) is 3.86. The van der Waals surface area contributed by atoms with Gasteiger partial charge in [-0.25, -0.2) is 4.79 Å². The highest BCUT2D eigenvalue weighted by molar-refractivity contribution is 6.09. The van der Waals surface area contributed by atoms with Crippen LogP contribution in [0.1, 0.15) is 33.4 Å². The molecule has 0 bridgehead atoms. The van der Waals surface area contributed by atoms with Crippen LogP contribution in [0.4, 0.5) is 5.69 Å². The van der Waals surface area contributed by atoms with Crippen molar-refractivity contribution >= 4 is 28.5 Å². The minimum absolute atomic E-state index is 0.159. The van der Waals surface area contributed by atoms with E-state index in [9.17, 15) is 9.59 Å². The number of fused-ring (bicyclic) bond motifs is 1. The molecule has 0 spiro atoms. The quantitative estimate of drug-likeness (QED) is 0.678. The Morgan fingerprint density at radius 2 is 1.81 bits per heavy atom. The van der Waals surface area contributed by atoms with Crippen molar-refractivity contribution in [3.63, 3.8) is 0 Å². The van der Waals surface area contributed by atoms with E-state index in [-0.39, 0.29) is 24.5 Å². The summed E-state index contributed by atoms with van der Waals surface area (Å²) < 4.78 is 16.0. The van der Waals surface area contributed by atoms with Crippen LogP contribution < -0.4 is 5.32 Å². The fraction of sp³-hybridized carbons (Fsp3) is 0.200. The van der Waals surface area contributed by atoms with Gasteiger partial charge in [0.25, 0.3) is 5.91 Å². The summed E-state index contributed by atoms with van der Waals surface area (Å²) in [6.45, 7) is 2.21. The van der Waals surface area contributed by atoms with Crippen molar-refractivity contribution in [1.82, 2.24) is 0 Å². The number of methoxy groups -OCH3 is 1. The lowest BCUT2D eigenvalue weighted by molar-refractivity contribution is 0.0527. The molecule has 0 saturated heterocycles. The molecule has 0 atom stereocenters. The van der Waals surface area contributed by atoms with Crippen LogP contribution in [0.2, 0.25) is 0 Å². The number of carbonyl (C=O) groups excluding carboxylic acids is 2. The van der Waals surface area contributed by atoms with Crippen LogP contribution in [0.3, 0.4) is 0 Å². The Balaban J connectivity index is 1.95. The number of furan rings is 1. The number of amides is 1. The van der Waals surface area contributed by atoms with Crippen molar-refractivity contribution in [2.45, 2.75) is 13.5 Å². The monoisotopic (exact) mass is 353 g/mol. The molecule has 3 aromatic rings. The van der Waals surface area contributed by atoms with Crippen molar-refractivity contribution in [3.8, 4) is 0 Å². The minimum atomic E-state index is -0.495. The third kappa shape index (κ3) is 3.45. The predicted octanol–water partition coefficient (Wildman–Crippen LogP) is 4.01. The van der Waals surface area contributed by atoms with Gasteiger partial charge in [0.15, 0.2) is 5.76 Å². The molecule has 134 valence electrons. The lowest BCUT2D eigenvalue weighted by Crippen LogP contribution is -2.16. The molecule has 0 unspecified atom stereocenters. The number of esters is 1. The van der Waals surface area contributed by atoms with Gasteiger partial charge in [0.05, 0.1) is 24.5 Å². The molecule has 3 rings (SSSR count). The summed E-state index contributed by atoms with van der Waals surface area (Å²) in [6, 6.07) is 14.0. The van der Waals surface area contributed by atoms with Crippen molar-refractivity contribution in [1.29, 1.82) is 0 Å². The number of hydrogen-bond acceptors (Lipinski definition) is 5. The van der Waals surface area contributed by atoms with E-state index in [4.69, 9.17) is 13.9 Å². The molecule has 0 aliphatic rings. The molecule has 6 heteroatoms. The molecule has 1 heterocycles.